The number of pyridine rings is 1. The third kappa shape index (κ3) is 3.23. The average Bonchev–Trinajstić information content (AvgIpc) is 2.61. The first-order chi connectivity index (χ1) is 11.6. The monoisotopic (exact) mass is 320 g/mol. The van der Waals surface area contributed by atoms with E-state index in [0.717, 1.165) is 34.3 Å². The number of hydrogen-bond donors (Lipinski definition) is 1. The van der Waals surface area contributed by atoms with Crippen LogP contribution in [0.4, 0.5) is 11.4 Å². The summed E-state index contributed by atoms with van der Waals surface area (Å²) in [5.41, 5.74) is 5.28. The van der Waals surface area contributed by atoms with E-state index in [-0.39, 0.29) is 0 Å². The smallest absolute Gasteiger partial charge is 0.356 e. The summed E-state index contributed by atoms with van der Waals surface area (Å²) in [6.07, 6.45) is 0.971. The molecule has 1 N–H and O–H groups in total. The fourth-order valence-electron chi connectivity index (χ4n) is 2.68. The lowest BCUT2D eigenvalue weighted by Crippen LogP contribution is -2.06. The molecule has 0 aliphatic rings. The van der Waals surface area contributed by atoms with Crippen LogP contribution in [-0.2, 0) is 11.2 Å². The number of anilines is 2. The summed E-state index contributed by atoms with van der Waals surface area (Å²) in [6.45, 7) is 4.16. The van der Waals surface area contributed by atoms with Crippen LogP contribution in [0.2, 0.25) is 0 Å². The van der Waals surface area contributed by atoms with Gasteiger partial charge in [-0.3, -0.25) is 0 Å². The van der Waals surface area contributed by atoms with Gasteiger partial charge in [0.1, 0.15) is 0 Å². The summed E-state index contributed by atoms with van der Waals surface area (Å²) in [6, 6.07) is 16.0. The lowest BCUT2D eigenvalue weighted by molar-refractivity contribution is 0.0594. The first kappa shape index (κ1) is 16.0. The number of rotatable bonds is 4. The molecule has 0 unspecified atom stereocenters. The zero-order valence-electron chi connectivity index (χ0n) is 14.1. The third-order valence-electron chi connectivity index (χ3n) is 3.97. The number of aromatic nitrogens is 1. The van der Waals surface area contributed by atoms with E-state index in [0.29, 0.717) is 5.69 Å². The molecule has 24 heavy (non-hydrogen) atoms. The molecule has 0 spiro atoms. The van der Waals surface area contributed by atoms with Gasteiger partial charge in [-0.25, -0.2) is 9.78 Å². The molecule has 2 aromatic carbocycles. The highest BCUT2D eigenvalue weighted by Gasteiger charge is 2.13. The van der Waals surface area contributed by atoms with E-state index < -0.39 is 5.97 Å². The van der Waals surface area contributed by atoms with Crippen LogP contribution >= 0.6 is 0 Å². The zero-order chi connectivity index (χ0) is 17.1. The average molecular weight is 320 g/mol. The molecule has 0 bridgehead atoms. The molecule has 3 rings (SSSR count). The van der Waals surface area contributed by atoms with Gasteiger partial charge in [-0.15, -0.1) is 0 Å². The van der Waals surface area contributed by atoms with Gasteiger partial charge in [-0.1, -0.05) is 30.7 Å². The molecule has 0 amide bonds. The Morgan fingerprint density at radius 2 is 2.00 bits per heavy atom. The van der Waals surface area contributed by atoms with Crippen molar-refractivity contribution in [3.63, 3.8) is 0 Å². The quantitative estimate of drug-likeness (QED) is 0.712. The molecule has 1 heterocycles. The zero-order valence-corrected chi connectivity index (χ0v) is 14.1. The second-order valence-electron chi connectivity index (χ2n) is 5.75. The largest absolute Gasteiger partial charge is 0.464 e. The van der Waals surface area contributed by atoms with Crippen LogP contribution in [0, 0.1) is 6.92 Å². The van der Waals surface area contributed by atoms with Crippen molar-refractivity contribution >= 4 is 28.2 Å². The molecule has 0 fully saturated rings. The van der Waals surface area contributed by atoms with Crippen LogP contribution < -0.4 is 5.32 Å². The number of aryl methyl sites for hydroxylation is 2. The number of carbonyl (C=O) groups excluding carboxylic acids is 1. The SMILES string of the molecule is CCc1cccc(Nc2cc(C(=O)OC)nc3ccc(C)cc23)c1. The second-order valence-corrected chi connectivity index (χ2v) is 5.75. The lowest BCUT2D eigenvalue weighted by Gasteiger charge is -2.13. The molecule has 0 saturated heterocycles. The maximum absolute atomic E-state index is 11.9. The van der Waals surface area contributed by atoms with Gasteiger partial charge < -0.3 is 10.1 Å². The highest BCUT2D eigenvalue weighted by atomic mass is 16.5. The van der Waals surface area contributed by atoms with Crippen LogP contribution in [0.3, 0.4) is 0 Å². The summed E-state index contributed by atoms with van der Waals surface area (Å²) in [4.78, 5) is 16.3. The van der Waals surface area contributed by atoms with E-state index in [2.05, 4.69) is 35.4 Å². The number of hydrogen-bond acceptors (Lipinski definition) is 4. The Morgan fingerprint density at radius 1 is 1.17 bits per heavy atom. The molecular weight excluding hydrogens is 300 g/mol. The Hall–Kier alpha value is -2.88. The fraction of sp³-hybridized carbons (Fsp3) is 0.200. The Morgan fingerprint density at radius 3 is 2.75 bits per heavy atom. The normalized spacial score (nSPS) is 10.6. The number of esters is 1. The number of nitrogens with one attached hydrogen (secondary N) is 1. The molecule has 4 heteroatoms. The van der Waals surface area contributed by atoms with E-state index in [1.54, 1.807) is 6.07 Å². The fourth-order valence-corrected chi connectivity index (χ4v) is 2.68. The minimum Gasteiger partial charge on any atom is -0.464 e. The molecule has 0 atom stereocenters. The Bertz CT molecular complexity index is 903. The van der Waals surface area contributed by atoms with Gasteiger partial charge in [0, 0.05) is 11.1 Å². The Labute approximate surface area is 141 Å². The highest BCUT2D eigenvalue weighted by molar-refractivity contribution is 5.99. The van der Waals surface area contributed by atoms with E-state index in [1.165, 1.54) is 12.7 Å². The van der Waals surface area contributed by atoms with Crippen molar-refractivity contribution < 1.29 is 9.53 Å². The highest BCUT2D eigenvalue weighted by Crippen LogP contribution is 2.28. The van der Waals surface area contributed by atoms with Crippen molar-refractivity contribution in [3.05, 3.63) is 65.4 Å². The summed E-state index contributed by atoms with van der Waals surface area (Å²) >= 11 is 0. The van der Waals surface area contributed by atoms with Gasteiger partial charge in [0.15, 0.2) is 5.69 Å². The third-order valence-corrected chi connectivity index (χ3v) is 3.97. The molecule has 0 aliphatic heterocycles. The van der Waals surface area contributed by atoms with Crippen molar-refractivity contribution in [1.82, 2.24) is 4.98 Å². The van der Waals surface area contributed by atoms with E-state index in [9.17, 15) is 4.79 Å². The van der Waals surface area contributed by atoms with Crippen molar-refractivity contribution in [2.24, 2.45) is 0 Å². The van der Waals surface area contributed by atoms with Crippen LogP contribution in [0.5, 0.6) is 0 Å². The van der Waals surface area contributed by atoms with Gasteiger partial charge in [0.05, 0.1) is 18.3 Å². The summed E-state index contributed by atoms with van der Waals surface area (Å²) in [5.74, 6) is -0.442. The number of ether oxygens (including phenoxy) is 1. The number of carbonyl (C=O) groups is 1. The molecule has 3 aromatic rings. The first-order valence-corrected chi connectivity index (χ1v) is 7.96. The Kier molecular flexibility index (Phi) is 4.47. The minimum atomic E-state index is -0.442. The second kappa shape index (κ2) is 6.71. The van der Waals surface area contributed by atoms with Crippen molar-refractivity contribution in [1.29, 1.82) is 0 Å². The van der Waals surface area contributed by atoms with Gasteiger partial charge in [0.2, 0.25) is 0 Å². The van der Waals surface area contributed by atoms with Crippen LogP contribution in [-0.4, -0.2) is 18.1 Å². The number of benzene rings is 2. The predicted molar refractivity (Wildman–Crippen MR) is 96.9 cm³/mol. The van der Waals surface area contributed by atoms with Crippen LogP contribution in [0.25, 0.3) is 10.9 Å². The molecule has 4 nitrogen and oxygen atoms in total. The number of nitrogens with zero attached hydrogens (tertiary/aromatic N) is 1. The lowest BCUT2D eigenvalue weighted by atomic mass is 10.1. The van der Waals surface area contributed by atoms with Crippen molar-refractivity contribution in [3.8, 4) is 0 Å². The molecule has 0 saturated carbocycles. The minimum absolute atomic E-state index is 0.294. The van der Waals surface area contributed by atoms with E-state index in [4.69, 9.17) is 4.74 Å². The maximum Gasteiger partial charge on any atom is 0.356 e. The molecule has 0 aliphatic carbocycles. The van der Waals surface area contributed by atoms with E-state index in [1.807, 2.05) is 31.2 Å². The predicted octanol–water partition coefficient (Wildman–Crippen LogP) is 4.64. The number of fused-ring (bicyclic) bond motifs is 1. The summed E-state index contributed by atoms with van der Waals surface area (Å²) < 4.78 is 4.82. The van der Waals surface area contributed by atoms with Gasteiger partial charge in [-0.2, -0.15) is 0 Å². The van der Waals surface area contributed by atoms with Gasteiger partial charge in [0.25, 0.3) is 0 Å². The molecule has 0 radical (unpaired) electrons. The maximum atomic E-state index is 11.9. The van der Waals surface area contributed by atoms with Crippen LogP contribution in [0.15, 0.2) is 48.5 Å². The van der Waals surface area contributed by atoms with E-state index >= 15 is 0 Å². The molecular formula is C20H20N2O2. The summed E-state index contributed by atoms with van der Waals surface area (Å²) in [5, 5.41) is 4.40. The number of methoxy groups -OCH3 is 1. The van der Waals surface area contributed by atoms with Crippen molar-refractivity contribution in [2.45, 2.75) is 20.3 Å². The standard InChI is InChI=1S/C20H20N2O2/c1-4-14-6-5-7-15(11-14)21-18-12-19(20(23)24-3)22-17-9-8-13(2)10-16(17)18/h5-12H,4H2,1-3H3,(H,21,22). The van der Waals surface area contributed by atoms with Crippen LogP contribution in [0.1, 0.15) is 28.5 Å². The molecule has 122 valence electrons. The molecule has 1 aromatic heterocycles. The topological polar surface area (TPSA) is 51.2 Å². The first-order valence-electron chi connectivity index (χ1n) is 7.96. The van der Waals surface area contributed by atoms with Crippen molar-refractivity contribution in [2.75, 3.05) is 12.4 Å². The van der Waals surface area contributed by atoms with Gasteiger partial charge >= 0.3 is 5.97 Å². The van der Waals surface area contributed by atoms with Gasteiger partial charge in [-0.05, 0) is 49.2 Å². The Balaban J connectivity index is 2.12. The summed E-state index contributed by atoms with van der Waals surface area (Å²) in [7, 11) is 1.36.